The number of carbonyl (C=O) groups excluding carboxylic acids is 1. The molecular formula is C10H11N5O3. The van der Waals surface area contributed by atoms with Crippen molar-refractivity contribution in [2.75, 3.05) is 0 Å². The fourth-order valence-electron chi connectivity index (χ4n) is 1.42. The molecule has 0 fully saturated rings. The van der Waals surface area contributed by atoms with Crippen LogP contribution >= 0.6 is 0 Å². The highest BCUT2D eigenvalue weighted by atomic mass is 16.3. The third-order valence-corrected chi connectivity index (χ3v) is 2.26. The number of carbonyl (C=O) groups is 1. The molecule has 0 saturated carbocycles. The van der Waals surface area contributed by atoms with E-state index in [2.05, 4.69) is 25.9 Å². The van der Waals surface area contributed by atoms with E-state index in [0.717, 1.165) is 6.07 Å². The van der Waals surface area contributed by atoms with Crippen LogP contribution in [0.1, 0.15) is 29.1 Å². The summed E-state index contributed by atoms with van der Waals surface area (Å²) in [6.07, 6.45) is 0. The molecule has 1 heterocycles. The normalized spacial score (nSPS) is 12.1. The molecule has 2 aromatic rings. The van der Waals surface area contributed by atoms with Crippen LogP contribution in [0, 0.1) is 0 Å². The Morgan fingerprint density at radius 2 is 2.00 bits per heavy atom. The van der Waals surface area contributed by atoms with Crippen molar-refractivity contribution < 1.29 is 15.0 Å². The summed E-state index contributed by atoms with van der Waals surface area (Å²) in [5.74, 6) is -0.494. The lowest BCUT2D eigenvalue weighted by Gasteiger charge is -2.10. The molecule has 8 nitrogen and oxygen atoms in total. The summed E-state index contributed by atoms with van der Waals surface area (Å²) in [5, 5.41) is 34.3. The van der Waals surface area contributed by atoms with E-state index in [-0.39, 0.29) is 17.1 Å². The third-order valence-electron chi connectivity index (χ3n) is 2.26. The second-order valence-electron chi connectivity index (χ2n) is 3.70. The van der Waals surface area contributed by atoms with Gasteiger partial charge < -0.3 is 15.5 Å². The first-order valence-electron chi connectivity index (χ1n) is 5.13. The molecule has 0 saturated heterocycles. The summed E-state index contributed by atoms with van der Waals surface area (Å²) in [6, 6.07) is 3.19. The van der Waals surface area contributed by atoms with Crippen LogP contribution in [0.5, 0.6) is 11.5 Å². The molecule has 0 aliphatic rings. The molecule has 0 aliphatic carbocycles. The van der Waals surface area contributed by atoms with E-state index in [1.165, 1.54) is 12.1 Å². The number of aromatic hydroxyl groups is 2. The second kappa shape index (κ2) is 4.70. The van der Waals surface area contributed by atoms with Crippen LogP contribution in [0.4, 0.5) is 0 Å². The van der Waals surface area contributed by atoms with Crippen molar-refractivity contribution in [2.45, 2.75) is 13.0 Å². The van der Waals surface area contributed by atoms with Gasteiger partial charge in [0.2, 0.25) is 0 Å². The average molecular weight is 249 g/mol. The first kappa shape index (κ1) is 11.8. The van der Waals surface area contributed by atoms with Gasteiger partial charge in [-0.25, -0.2) is 0 Å². The topological polar surface area (TPSA) is 124 Å². The predicted molar refractivity (Wildman–Crippen MR) is 59.8 cm³/mol. The average Bonchev–Trinajstić information content (AvgIpc) is 2.80. The number of rotatable bonds is 3. The Bertz CT molecular complexity index is 534. The van der Waals surface area contributed by atoms with Gasteiger partial charge in [0.05, 0.1) is 6.04 Å². The number of benzene rings is 1. The Kier molecular flexibility index (Phi) is 3.09. The molecule has 0 radical (unpaired) electrons. The minimum atomic E-state index is -0.460. The number of H-pyrrole nitrogens is 1. The van der Waals surface area contributed by atoms with E-state index >= 15 is 0 Å². The smallest absolute Gasteiger partial charge is 0.252 e. The Balaban J connectivity index is 2.12. The molecule has 0 aliphatic heterocycles. The first-order chi connectivity index (χ1) is 8.56. The zero-order chi connectivity index (χ0) is 13.1. The molecule has 94 valence electrons. The number of nitrogens with one attached hydrogen (secondary N) is 2. The van der Waals surface area contributed by atoms with Crippen molar-refractivity contribution in [3.8, 4) is 11.5 Å². The van der Waals surface area contributed by atoms with Crippen molar-refractivity contribution in [3.63, 3.8) is 0 Å². The van der Waals surface area contributed by atoms with Crippen LogP contribution in [0.2, 0.25) is 0 Å². The fraction of sp³-hybridized carbons (Fsp3) is 0.200. The van der Waals surface area contributed by atoms with Crippen molar-refractivity contribution >= 4 is 5.91 Å². The fourth-order valence-corrected chi connectivity index (χ4v) is 1.42. The van der Waals surface area contributed by atoms with Gasteiger partial charge >= 0.3 is 0 Å². The lowest BCUT2D eigenvalue weighted by molar-refractivity contribution is 0.0937. The minimum Gasteiger partial charge on any atom is -0.508 e. The molecule has 2 rings (SSSR count). The number of phenols is 2. The van der Waals surface area contributed by atoms with Gasteiger partial charge in [0.1, 0.15) is 11.5 Å². The van der Waals surface area contributed by atoms with Gasteiger partial charge in [0, 0.05) is 11.6 Å². The largest absolute Gasteiger partial charge is 0.508 e. The van der Waals surface area contributed by atoms with Gasteiger partial charge in [0.25, 0.3) is 5.91 Å². The van der Waals surface area contributed by atoms with E-state index < -0.39 is 11.9 Å². The molecule has 1 atom stereocenters. The summed E-state index contributed by atoms with van der Waals surface area (Å²) in [5.41, 5.74) is 0.142. The van der Waals surface area contributed by atoms with E-state index in [1.54, 1.807) is 6.92 Å². The van der Waals surface area contributed by atoms with Crippen LogP contribution in [-0.4, -0.2) is 36.7 Å². The number of nitrogens with zero attached hydrogens (tertiary/aromatic N) is 3. The third kappa shape index (κ3) is 2.54. The molecule has 0 spiro atoms. The maximum atomic E-state index is 11.8. The Morgan fingerprint density at radius 3 is 2.56 bits per heavy atom. The Morgan fingerprint density at radius 1 is 1.33 bits per heavy atom. The van der Waals surface area contributed by atoms with Crippen LogP contribution in [-0.2, 0) is 0 Å². The molecule has 1 aromatic carbocycles. The van der Waals surface area contributed by atoms with Crippen LogP contribution in [0.25, 0.3) is 0 Å². The number of amides is 1. The van der Waals surface area contributed by atoms with Crippen LogP contribution in [0.15, 0.2) is 18.2 Å². The summed E-state index contributed by atoms with van der Waals surface area (Å²) < 4.78 is 0. The SMILES string of the molecule is CC(NC(=O)c1cc(O)cc(O)c1)c1nn[nH]n1. The van der Waals surface area contributed by atoms with Crippen LogP contribution < -0.4 is 5.32 Å². The lowest BCUT2D eigenvalue weighted by Crippen LogP contribution is -2.27. The maximum absolute atomic E-state index is 11.8. The summed E-state index contributed by atoms with van der Waals surface area (Å²) in [4.78, 5) is 11.8. The number of hydrogen-bond acceptors (Lipinski definition) is 6. The Hall–Kier alpha value is -2.64. The molecule has 1 amide bonds. The summed E-state index contributed by atoms with van der Waals surface area (Å²) in [7, 11) is 0. The molecular weight excluding hydrogens is 238 g/mol. The minimum absolute atomic E-state index is 0.142. The number of phenolic OH excluding ortho intramolecular Hbond substituents is 2. The van der Waals surface area contributed by atoms with Crippen molar-refractivity contribution in [3.05, 3.63) is 29.6 Å². The molecule has 1 unspecified atom stereocenters. The van der Waals surface area contributed by atoms with Gasteiger partial charge in [-0.2, -0.15) is 5.21 Å². The number of aromatic amines is 1. The van der Waals surface area contributed by atoms with Gasteiger partial charge in [-0.1, -0.05) is 5.21 Å². The monoisotopic (exact) mass is 249 g/mol. The number of hydrogen-bond donors (Lipinski definition) is 4. The zero-order valence-electron chi connectivity index (χ0n) is 9.45. The molecule has 1 aromatic heterocycles. The summed E-state index contributed by atoms with van der Waals surface area (Å²) >= 11 is 0. The van der Waals surface area contributed by atoms with E-state index in [0.29, 0.717) is 5.82 Å². The van der Waals surface area contributed by atoms with Crippen molar-refractivity contribution in [1.82, 2.24) is 25.9 Å². The number of tetrazole rings is 1. The predicted octanol–water partition coefficient (Wildman–Crippen LogP) is 0.102. The Labute approximate surface area is 102 Å². The number of aromatic nitrogens is 4. The molecule has 8 heteroatoms. The van der Waals surface area contributed by atoms with Crippen molar-refractivity contribution in [2.24, 2.45) is 0 Å². The molecule has 18 heavy (non-hydrogen) atoms. The standard InChI is InChI=1S/C10H11N5O3/c1-5(9-12-14-15-13-9)11-10(18)6-2-7(16)4-8(17)3-6/h2-5,16-17H,1H3,(H,11,18)(H,12,13,14,15). The molecule has 4 N–H and O–H groups in total. The van der Waals surface area contributed by atoms with Gasteiger partial charge in [-0.15, -0.1) is 10.2 Å². The van der Waals surface area contributed by atoms with Crippen LogP contribution in [0.3, 0.4) is 0 Å². The summed E-state index contributed by atoms with van der Waals surface area (Å²) in [6.45, 7) is 1.69. The maximum Gasteiger partial charge on any atom is 0.252 e. The quantitative estimate of drug-likeness (QED) is 0.611. The van der Waals surface area contributed by atoms with E-state index in [9.17, 15) is 15.0 Å². The zero-order valence-corrected chi connectivity index (χ0v) is 9.45. The van der Waals surface area contributed by atoms with Crippen molar-refractivity contribution in [1.29, 1.82) is 0 Å². The molecule has 0 bridgehead atoms. The van der Waals surface area contributed by atoms with Gasteiger partial charge in [-0.3, -0.25) is 4.79 Å². The second-order valence-corrected chi connectivity index (χ2v) is 3.70. The first-order valence-corrected chi connectivity index (χ1v) is 5.13. The van der Waals surface area contributed by atoms with E-state index in [4.69, 9.17) is 0 Å². The van der Waals surface area contributed by atoms with E-state index in [1.807, 2.05) is 0 Å². The van der Waals surface area contributed by atoms with Gasteiger partial charge in [-0.05, 0) is 19.1 Å². The van der Waals surface area contributed by atoms with Gasteiger partial charge in [0.15, 0.2) is 5.82 Å². The lowest BCUT2D eigenvalue weighted by atomic mass is 10.1. The highest BCUT2D eigenvalue weighted by Crippen LogP contribution is 2.20. The highest BCUT2D eigenvalue weighted by molar-refractivity contribution is 5.95. The highest BCUT2D eigenvalue weighted by Gasteiger charge is 2.15.